The minimum absolute atomic E-state index is 0. The fraction of sp³-hybridized carbons (Fsp3) is 0.400. The topological polar surface area (TPSA) is 92.0 Å². The first-order chi connectivity index (χ1) is 14.3. The summed E-state index contributed by atoms with van der Waals surface area (Å²) < 4.78 is 7.43. The predicted octanol–water partition coefficient (Wildman–Crippen LogP) is 1.83. The first-order valence-corrected chi connectivity index (χ1v) is 9.92. The molecule has 0 radical (unpaired) electrons. The van der Waals surface area contributed by atoms with Crippen molar-refractivity contribution < 1.29 is 4.74 Å². The van der Waals surface area contributed by atoms with Gasteiger partial charge >= 0.3 is 0 Å². The lowest BCUT2D eigenvalue weighted by Crippen LogP contribution is -2.38. The van der Waals surface area contributed by atoms with Crippen LogP contribution in [0.2, 0.25) is 0 Å². The zero-order valence-corrected chi connectivity index (χ0v) is 19.3. The third-order valence-electron chi connectivity index (χ3n) is 4.73. The molecule has 4 rings (SSSR count). The van der Waals surface area contributed by atoms with Gasteiger partial charge in [-0.2, -0.15) is 0 Å². The molecule has 4 heterocycles. The van der Waals surface area contributed by atoms with Crippen molar-refractivity contribution in [2.75, 3.05) is 37.7 Å². The van der Waals surface area contributed by atoms with Crippen LogP contribution in [0.3, 0.4) is 0 Å². The molecule has 1 aliphatic rings. The Labute approximate surface area is 193 Å². The van der Waals surface area contributed by atoms with Crippen LogP contribution in [0.15, 0.2) is 47.7 Å². The van der Waals surface area contributed by atoms with E-state index in [1.54, 1.807) is 0 Å². The average molecular weight is 522 g/mol. The quantitative estimate of drug-likeness (QED) is 0.290. The molecule has 0 bridgehead atoms. The number of hydrogen-bond acceptors (Lipinski definition) is 6. The van der Waals surface area contributed by atoms with Crippen molar-refractivity contribution in [2.24, 2.45) is 4.99 Å². The molecule has 3 aromatic rings. The molecule has 160 valence electrons. The molecule has 0 unspecified atom stereocenters. The number of fused-ring (bicyclic) bond motifs is 1. The monoisotopic (exact) mass is 522 g/mol. The van der Waals surface area contributed by atoms with Gasteiger partial charge < -0.3 is 20.3 Å². The van der Waals surface area contributed by atoms with Crippen LogP contribution >= 0.6 is 24.0 Å². The second-order valence-electron chi connectivity index (χ2n) is 6.68. The Kier molecular flexibility index (Phi) is 8.20. The van der Waals surface area contributed by atoms with Gasteiger partial charge in [0.15, 0.2) is 17.4 Å². The molecular formula is C20H27IN8O. The van der Waals surface area contributed by atoms with Gasteiger partial charge in [-0.3, -0.25) is 4.40 Å². The number of guanidine groups is 1. The molecule has 2 N–H and O–H groups in total. The minimum atomic E-state index is 0. The second-order valence-corrected chi connectivity index (χ2v) is 6.68. The fourth-order valence-corrected chi connectivity index (χ4v) is 3.29. The van der Waals surface area contributed by atoms with E-state index in [1.807, 2.05) is 48.0 Å². The standard InChI is InChI=1S/C20H26N8O.HI/c1-2-21-20(24-15-18-26-25-17-7-3-4-9-28(17)18)23-14-16-6-5-8-22-19(16)27-10-12-29-13-11-27;/h3-9H,2,10-15H2,1H3,(H2,21,23,24);1H. The van der Waals surface area contributed by atoms with E-state index in [0.29, 0.717) is 13.1 Å². The lowest BCUT2D eigenvalue weighted by atomic mass is 10.2. The molecule has 0 atom stereocenters. The van der Waals surface area contributed by atoms with Gasteiger partial charge in [0.1, 0.15) is 5.82 Å². The van der Waals surface area contributed by atoms with Crippen molar-refractivity contribution in [3.63, 3.8) is 0 Å². The third-order valence-corrected chi connectivity index (χ3v) is 4.73. The Hall–Kier alpha value is -2.47. The summed E-state index contributed by atoms with van der Waals surface area (Å²) in [5, 5.41) is 15.1. The van der Waals surface area contributed by atoms with Crippen molar-refractivity contribution >= 4 is 41.4 Å². The zero-order chi connectivity index (χ0) is 19.9. The van der Waals surface area contributed by atoms with Gasteiger partial charge in [0, 0.05) is 37.6 Å². The summed E-state index contributed by atoms with van der Waals surface area (Å²) in [6, 6.07) is 9.89. The number of rotatable bonds is 6. The van der Waals surface area contributed by atoms with Crippen LogP contribution in [0.25, 0.3) is 5.65 Å². The number of nitrogens with zero attached hydrogens (tertiary/aromatic N) is 6. The summed E-state index contributed by atoms with van der Waals surface area (Å²) in [5.74, 6) is 2.55. The number of morpholine rings is 1. The first kappa shape index (κ1) is 22.2. The Balaban J connectivity index is 0.00000256. The van der Waals surface area contributed by atoms with Crippen LogP contribution in [0.4, 0.5) is 5.82 Å². The maximum absolute atomic E-state index is 5.46. The van der Waals surface area contributed by atoms with Crippen LogP contribution in [0, 0.1) is 0 Å². The molecule has 0 saturated carbocycles. The lowest BCUT2D eigenvalue weighted by Gasteiger charge is -2.29. The highest BCUT2D eigenvalue weighted by Gasteiger charge is 2.15. The average Bonchev–Trinajstić information content (AvgIpc) is 3.20. The number of anilines is 1. The minimum Gasteiger partial charge on any atom is -0.378 e. The molecule has 0 aliphatic carbocycles. The van der Waals surface area contributed by atoms with Crippen molar-refractivity contribution in [2.45, 2.75) is 20.0 Å². The molecule has 0 aromatic carbocycles. The molecule has 10 heteroatoms. The van der Waals surface area contributed by atoms with Crippen LogP contribution in [-0.2, 0) is 17.8 Å². The molecule has 0 spiro atoms. The highest BCUT2D eigenvalue weighted by molar-refractivity contribution is 14.0. The number of hydrogen-bond donors (Lipinski definition) is 2. The molecule has 9 nitrogen and oxygen atoms in total. The lowest BCUT2D eigenvalue weighted by molar-refractivity contribution is 0.122. The van der Waals surface area contributed by atoms with Crippen molar-refractivity contribution in [1.82, 2.24) is 30.2 Å². The normalized spacial score (nSPS) is 14.4. The fourth-order valence-electron chi connectivity index (χ4n) is 3.29. The number of halogens is 1. The van der Waals surface area contributed by atoms with Crippen LogP contribution in [0.1, 0.15) is 18.3 Å². The van der Waals surface area contributed by atoms with Crippen LogP contribution in [-0.4, -0.2) is 58.4 Å². The molecule has 3 aromatic heterocycles. The molecule has 1 aliphatic heterocycles. The summed E-state index contributed by atoms with van der Waals surface area (Å²) in [5.41, 5.74) is 1.93. The van der Waals surface area contributed by atoms with E-state index in [2.05, 4.69) is 36.8 Å². The van der Waals surface area contributed by atoms with Gasteiger partial charge in [-0.25, -0.2) is 9.98 Å². The van der Waals surface area contributed by atoms with Crippen molar-refractivity contribution in [1.29, 1.82) is 0 Å². The number of nitrogens with one attached hydrogen (secondary N) is 2. The summed E-state index contributed by atoms with van der Waals surface area (Å²) in [7, 11) is 0. The van der Waals surface area contributed by atoms with Crippen molar-refractivity contribution in [3.8, 4) is 0 Å². The highest BCUT2D eigenvalue weighted by atomic mass is 127. The Bertz CT molecular complexity index is 970. The Morgan fingerprint density at radius 2 is 2.00 bits per heavy atom. The van der Waals surface area contributed by atoms with Gasteiger partial charge in [0.2, 0.25) is 0 Å². The predicted molar refractivity (Wildman–Crippen MR) is 127 cm³/mol. The summed E-state index contributed by atoms with van der Waals surface area (Å²) in [6.45, 7) is 7.06. The van der Waals surface area contributed by atoms with Gasteiger partial charge in [0.05, 0.1) is 26.3 Å². The second kappa shape index (κ2) is 11.1. The summed E-state index contributed by atoms with van der Waals surface area (Å²) >= 11 is 0. The third kappa shape index (κ3) is 5.36. The van der Waals surface area contributed by atoms with E-state index in [4.69, 9.17) is 9.73 Å². The number of pyridine rings is 2. The van der Waals surface area contributed by atoms with Crippen LogP contribution in [0.5, 0.6) is 0 Å². The summed E-state index contributed by atoms with van der Waals surface area (Å²) in [6.07, 6.45) is 3.79. The van der Waals surface area contributed by atoms with Crippen LogP contribution < -0.4 is 15.5 Å². The largest absolute Gasteiger partial charge is 0.378 e. The maximum atomic E-state index is 5.46. The molecule has 1 saturated heterocycles. The van der Waals surface area contributed by atoms with Gasteiger partial charge in [-0.05, 0) is 25.1 Å². The van der Waals surface area contributed by atoms with Gasteiger partial charge in [0.25, 0.3) is 0 Å². The molecule has 0 amide bonds. The SMILES string of the molecule is CCNC(=NCc1cccnc1N1CCOCC1)NCc1nnc2ccccn12.I. The van der Waals surface area contributed by atoms with E-state index < -0.39 is 0 Å². The van der Waals surface area contributed by atoms with E-state index in [9.17, 15) is 0 Å². The summed E-state index contributed by atoms with van der Waals surface area (Å²) in [4.78, 5) is 11.6. The first-order valence-electron chi connectivity index (χ1n) is 9.92. The van der Waals surface area contributed by atoms with Gasteiger partial charge in [-0.15, -0.1) is 34.2 Å². The van der Waals surface area contributed by atoms with Crippen molar-refractivity contribution in [3.05, 3.63) is 54.1 Å². The number of aliphatic imine (C=N–C) groups is 1. The Morgan fingerprint density at radius 3 is 2.83 bits per heavy atom. The Morgan fingerprint density at radius 1 is 1.13 bits per heavy atom. The zero-order valence-electron chi connectivity index (χ0n) is 17.0. The smallest absolute Gasteiger partial charge is 0.191 e. The number of ether oxygens (including phenoxy) is 1. The number of aromatic nitrogens is 4. The van der Waals surface area contributed by atoms with Gasteiger partial charge in [-0.1, -0.05) is 12.1 Å². The molecular weight excluding hydrogens is 495 g/mol. The highest BCUT2D eigenvalue weighted by Crippen LogP contribution is 2.19. The van der Waals surface area contributed by atoms with E-state index in [-0.39, 0.29) is 24.0 Å². The molecule has 1 fully saturated rings. The van der Waals surface area contributed by atoms with E-state index in [1.165, 1.54) is 0 Å². The van der Waals surface area contributed by atoms with E-state index in [0.717, 1.165) is 61.7 Å². The van der Waals surface area contributed by atoms with E-state index >= 15 is 0 Å². The molecule has 30 heavy (non-hydrogen) atoms. The maximum Gasteiger partial charge on any atom is 0.191 e.